The molecule has 0 aliphatic carbocycles. The van der Waals surface area contributed by atoms with Gasteiger partial charge in [-0.25, -0.2) is 8.78 Å². The van der Waals surface area contributed by atoms with Crippen molar-refractivity contribution in [3.8, 4) is 0 Å². The highest BCUT2D eigenvalue weighted by atomic mass is 19.1. The van der Waals surface area contributed by atoms with Gasteiger partial charge in [0.2, 0.25) is 0 Å². The number of hydrogen-bond acceptors (Lipinski definition) is 2. The molecule has 0 unspecified atom stereocenters. The predicted molar refractivity (Wildman–Crippen MR) is 97.1 cm³/mol. The van der Waals surface area contributed by atoms with E-state index in [1.165, 1.54) is 12.1 Å². The van der Waals surface area contributed by atoms with Crippen LogP contribution in [0.4, 0.5) is 8.78 Å². The van der Waals surface area contributed by atoms with Crippen LogP contribution in [0.3, 0.4) is 0 Å². The topological polar surface area (TPSA) is 24.7 Å². The summed E-state index contributed by atoms with van der Waals surface area (Å²) >= 11 is 0. The molecule has 0 heterocycles. The highest BCUT2D eigenvalue weighted by Crippen LogP contribution is 2.11. The summed E-state index contributed by atoms with van der Waals surface area (Å²) in [6.45, 7) is 0. The summed E-state index contributed by atoms with van der Waals surface area (Å²) in [4.78, 5) is 0. The van der Waals surface area contributed by atoms with Crippen LogP contribution in [-0.2, 0) is 6.42 Å². The van der Waals surface area contributed by atoms with Gasteiger partial charge < -0.3 is 0 Å². The summed E-state index contributed by atoms with van der Waals surface area (Å²) in [5, 5.41) is 8.42. The van der Waals surface area contributed by atoms with E-state index in [9.17, 15) is 8.78 Å². The quantitative estimate of drug-likeness (QED) is 0.462. The Morgan fingerprint density at radius 3 is 1.80 bits per heavy atom. The Labute approximate surface area is 145 Å². The van der Waals surface area contributed by atoms with Gasteiger partial charge in [-0.1, -0.05) is 60.7 Å². The van der Waals surface area contributed by atoms with E-state index in [1.54, 1.807) is 6.21 Å². The summed E-state index contributed by atoms with van der Waals surface area (Å²) in [7, 11) is 0. The van der Waals surface area contributed by atoms with E-state index in [4.69, 9.17) is 0 Å². The Kier molecular flexibility index (Phi) is 5.42. The number of nitrogens with zero attached hydrogens (tertiary/aromatic N) is 2. The smallest absolute Gasteiger partial charge is 0.126 e. The Hall–Kier alpha value is -3.14. The first-order valence-electron chi connectivity index (χ1n) is 7.87. The molecule has 3 rings (SSSR count). The summed E-state index contributed by atoms with van der Waals surface area (Å²) in [5.74, 6) is -1.19. The Bertz CT molecular complexity index is 827. The fourth-order valence-electron chi connectivity index (χ4n) is 2.45. The van der Waals surface area contributed by atoms with Crippen molar-refractivity contribution in [3.05, 3.63) is 107 Å². The zero-order valence-electron chi connectivity index (χ0n) is 13.4. The minimum atomic E-state index is -0.596. The van der Waals surface area contributed by atoms with Crippen molar-refractivity contribution in [2.75, 3.05) is 0 Å². The summed E-state index contributed by atoms with van der Waals surface area (Å²) in [6.07, 6.45) is 1.84. The molecule has 4 heteroatoms. The second kappa shape index (κ2) is 8.11. The van der Waals surface area contributed by atoms with Crippen molar-refractivity contribution in [2.45, 2.75) is 6.42 Å². The zero-order valence-corrected chi connectivity index (χ0v) is 13.4. The summed E-state index contributed by atoms with van der Waals surface area (Å²) in [6, 6.07) is 22.9. The standard InChI is InChI=1S/C21H16F2N2/c22-19-13-16(14-20(23)15-19)11-12-24-25-21(17-7-3-1-4-8-17)18-9-5-2-6-10-18/h1-10,12-15H,11H2. The van der Waals surface area contributed by atoms with Crippen LogP contribution in [0.5, 0.6) is 0 Å². The van der Waals surface area contributed by atoms with Gasteiger partial charge in [-0.05, 0) is 17.7 Å². The van der Waals surface area contributed by atoms with Gasteiger partial charge in [-0.15, -0.1) is 0 Å². The fraction of sp³-hybridized carbons (Fsp3) is 0.0476. The first-order chi connectivity index (χ1) is 12.2. The van der Waals surface area contributed by atoms with Gasteiger partial charge in [0.15, 0.2) is 0 Å². The van der Waals surface area contributed by atoms with Gasteiger partial charge >= 0.3 is 0 Å². The molecule has 0 fully saturated rings. The van der Waals surface area contributed by atoms with Crippen LogP contribution in [0.1, 0.15) is 16.7 Å². The van der Waals surface area contributed by atoms with Crippen molar-refractivity contribution < 1.29 is 8.78 Å². The number of hydrogen-bond donors (Lipinski definition) is 0. The normalized spacial score (nSPS) is 10.8. The van der Waals surface area contributed by atoms with Crippen LogP contribution in [0, 0.1) is 11.6 Å². The molecule has 0 radical (unpaired) electrons. The lowest BCUT2D eigenvalue weighted by atomic mass is 10.0. The first-order valence-corrected chi connectivity index (χ1v) is 7.87. The third kappa shape index (κ3) is 4.67. The van der Waals surface area contributed by atoms with E-state index in [2.05, 4.69) is 10.2 Å². The van der Waals surface area contributed by atoms with Crippen LogP contribution < -0.4 is 0 Å². The molecule has 0 saturated heterocycles. The third-order valence-corrected chi connectivity index (χ3v) is 3.58. The Balaban J connectivity index is 1.84. The van der Waals surface area contributed by atoms with E-state index in [0.29, 0.717) is 12.0 Å². The SMILES string of the molecule is Fc1cc(F)cc(CC=NN=C(c2ccccc2)c2ccccc2)c1. The van der Waals surface area contributed by atoms with Gasteiger partial charge in [-0.3, -0.25) is 0 Å². The molecule has 0 amide bonds. The molecular weight excluding hydrogens is 318 g/mol. The lowest BCUT2D eigenvalue weighted by Gasteiger charge is -2.05. The lowest BCUT2D eigenvalue weighted by Crippen LogP contribution is -2.02. The molecule has 0 saturated carbocycles. The second-order valence-corrected chi connectivity index (χ2v) is 5.46. The third-order valence-electron chi connectivity index (χ3n) is 3.58. The molecule has 0 atom stereocenters. The highest BCUT2D eigenvalue weighted by molar-refractivity contribution is 6.12. The maximum atomic E-state index is 13.2. The van der Waals surface area contributed by atoms with Crippen molar-refractivity contribution in [2.24, 2.45) is 10.2 Å². The number of rotatable bonds is 5. The van der Waals surface area contributed by atoms with Gasteiger partial charge in [0.05, 0.1) is 0 Å². The van der Waals surface area contributed by atoms with Crippen molar-refractivity contribution in [1.29, 1.82) is 0 Å². The molecule has 0 aromatic heterocycles. The molecule has 0 aliphatic rings. The predicted octanol–water partition coefficient (Wildman–Crippen LogP) is 5.03. The summed E-state index contributed by atoms with van der Waals surface area (Å²) < 4.78 is 26.4. The van der Waals surface area contributed by atoms with Gasteiger partial charge in [-0.2, -0.15) is 10.2 Å². The van der Waals surface area contributed by atoms with Crippen LogP contribution in [0.25, 0.3) is 0 Å². The van der Waals surface area contributed by atoms with Gasteiger partial charge in [0.1, 0.15) is 17.3 Å². The average Bonchev–Trinajstić information content (AvgIpc) is 2.62. The van der Waals surface area contributed by atoms with E-state index in [0.717, 1.165) is 22.9 Å². The molecule has 0 aliphatic heterocycles. The molecule has 0 spiro atoms. The monoisotopic (exact) mass is 334 g/mol. The van der Waals surface area contributed by atoms with Crippen molar-refractivity contribution >= 4 is 11.9 Å². The number of benzene rings is 3. The molecule has 3 aromatic carbocycles. The molecule has 3 aromatic rings. The minimum absolute atomic E-state index is 0.301. The molecule has 25 heavy (non-hydrogen) atoms. The molecular formula is C21H16F2N2. The first kappa shape index (κ1) is 16.7. The molecule has 0 bridgehead atoms. The molecule has 0 N–H and O–H groups in total. The Morgan fingerprint density at radius 2 is 1.28 bits per heavy atom. The largest absolute Gasteiger partial charge is 0.207 e. The summed E-state index contributed by atoms with van der Waals surface area (Å²) in [5.41, 5.74) is 3.14. The maximum Gasteiger partial charge on any atom is 0.126 e. The second-order valence-electron chi connectivity index (χ2n) is 5.46. The minimum Gasteiger partial charge on any atom is -0.207 e. The lowest BCUT2D eigenvalue weighted by molar-refractivity contribution is 0.581. The van der Waals surface area contributed by atoms with Crippen molar-refractivity contribution in [3.63, 3.8) is 0 Å². The fourth-order valence-corrected chi connectivity index (χ4v) is 2.45. The molecule has 124 valence electrons. The Morgan fingerprint density at radius 1 is 0.760 bits per heavy atom. The van der Waals surface area contributed by atoms with Crippen molar-refractivity contribution in [1.82, 2.24) is 0 Å². The van der Waals surface area contributed by atoms with E-state index in [1.807, 2.05) is 60.7 Å². The highest BCUT2D eigenvalue weighted by Gasteiger charge is 2.05. The van der Waals surface area contributed by atoms with E-state index >= 15 is 0 Å². The molecule has 2 nitrogen and oxygen atoms in total. The van der Waals surface area contributed by atoms with Gasteiger partial charge in [0, 0.05) is 29.8 Å². The van der Waals surface area contributed by atoms with Crippen LogP contribution in [0.2, 0.25) is 0 Å². The van der Waals surface area contributed by atoms with Crippen LogP contribution in [-0.4, -0.2) is 11.9 Å². The average molecular weight is 334 g/mol. The maximum absolute atomic E-state index is 13.2. The van der Waals surface area contributed by atoms with Crippen LogP contribution >= 0.6 is 0 Å². The number of halogens is 2. The van der Waals surface area contributed by atoms with E-state index < -0.39 is 11.6 Å². The zero-order chi connectivity index (χ0) is 17.5. The van der Waals surface area contributed by atoms with Crippen LogP contribution in [0.15, 0.2) is 89.1 Å². The van der Waals surface area contributed by atoms with E-state index in [-0.39, 0.29) is 0 Å². The van der Waals surface area contributed by atoms with Gasteiger partial charge in [0.25, 0.3) is 0 Å².